The van der Waals surface area contributed by atoms with Gasteiger partial charge in [-0.05, 0) is 38.5 Å². The van der Waals surface area contributed by atoms with Crippen LogP contribution in [0.5, 0.6) is 0 Å². The highest BCUT2D eigenvalue weighted by Crippen LogP contribution is 2.47. The van der Waals surface area contributed by atoms with Crippen molar-refractivity contribution in [2.45, 2.75) is 38.7 Å². The molecule has 0 bridgehead atoms. The number of hydrogen-bond acceptors (Lipinski definition) is 4. The summed E-state index contributed by atoms with van der Waals surface area (Å²) in [6.45, 7) is 4.91. The summed E-state index contributed by atoms with van der Waals surface area (Å²) < 4.78 is 18.5. The number of aryl methyl sites for hydroxylation is 1. The zero-order chi connectivity index (χ0) is 16.1. The van der Waals surface area contributed by atoms with Gasteiger partial charge in [0.15, 0.2) is 0 Å². The average molecular weight is 303 g/mol. The van der Waals surface area contributed by atoms with Crippen molar-refractivity contribution in [2.24, 2.45) is 5.92 Å². The maximum atomic E-state index is 13.2. The lowest BCUT2D eigenvalue weighted by Crippen LogP contribution is -2.48. The van der Waals surface area contributed by atoms with Gasteiger partial charge in [-0.1, -0.05) is 17.3 Å². The first kappa shape index (κ1) is 14.9. The molecule has 0 saturated carbocycles. The summed E-state index contributed by atoms with van der Waals surface area (Å²) in [5.41, 5.74) is 1.04. The summed E-state index contributed by atoms with van der Waals surface area (Å²) in [5, 5.41) is 14.8. The lowest BCUT2D eigenvalue weighted by molar-refractivity contribution is -0.130. The quantitative estimate of drug-likeness (QED) is 0.926. The molecule has 3 atom stereocenters. The zero-order valence-corrected chi connectivity index (χ0v) is 12.8. The predicted molar refractivity (Wildman–Crippen MR) is 78.0 cm³/mol. The van der Waals surface area contributed by atoms with E-state index >= 15 is 0 Å². The number of hydrogen-bond donors (Lipinski definition) is 1. The van der Waals surface area contributed by atoms with E-state index in [4.69, 9.17) is 4.52 Å². The molecule has 3 rings (SSSR count). The highest BCUT2D eigenvalue weighted by molar-refractivity contribution is 5.82. The molecule has 1 aliphatic carbocycles. The van der Waals surface area contributed by atoms with E-state index in [1.54, 1.807) is 26.0 Å². The molecule has 0 unspecified atom stereocenters. The van der Waals surface area contributed by atoms with Crippen LogP contribution in [-0.2, 0) is 11.2 Å². The summed E-state index contributed by atoms with van der Waals surface area (Å²) in [6, 6.07) is 6.01. The van der Waals surface area contributed by atoms with E-state index in [2.05, 4.69) is 5.16 Å². The molecule has 0 spiro atoms. The van der Waals surface area contributed by atoms with Gasteiger partial charge in [0.2, 0.25) is 0 Å². The second kappa shape index (κ2) is 5.02. The Labute approximate surface area is 127 Å². The number of aromatic nitrogens is 1. The van der Waals surface area contributed by atoms with Gasteiger partial charge in [0.05, 0.1) is 17.2 Å². The Balaban J connectivity index is 2.23. The van der Waals surface area contributed by atoms with Gasteiger partial charge < -0.3 is 9.63 Å². The molecule has 1 heterocycles. The summed E-state index contributed by atoms with van der Waals surface area (Å²) in [5.74, 6) is -0.823. The Morgan fingerprint density at radius 3 is 2.64 bits per heavy atom. The number of nitrogens with zero attached hydrogens (tertiary/aromatic N) is 1. The Morgan fingerprint density at radius 2 is 2.05 bits per heavy atom. The number of fused-ring (bicyclic) bond motifs is 1. The average Bonchev–Trinajstić information content (AvgIpc) is 2.77. The fourth-order valence-electron chi connectivity index (χ4n) is 3.63. The number of ketones is 1. The first-order valence-corrected chi connectivity index (χ1v) is 7.24. The number of Topliss-reactive ketones (excluding diaryl/α,β-unsaturated/α-hetero) is 1. The van der Waals surface area contributed by atoms with E-state index in [1.807, 2.05) is 0 Å². The van der Waals surface area contributed by atoms with Gasteiger partial charge in [-0.25, -0.2) is 4.39 Å². The molecule has 22 heavy (non-hydrogen) atoms. The second-order valence-electron chi connectivity index (χ2n) is 6.25. The first-order valence-electron chi connectivity index (χ1n) is 7.24. The molecule has 5 heteroatoms. The van der Waals surface area contributed by atoms with Crippen LogP contribution in [0.4, 0.5) is 4.39 Å². The van der Waals surface area contributed by atoms with Gasteiger partial charge in [0, 0.05) is 17.9 Å². The third-order valence-electron chi connectivity index (χ3n) is 4.49. The first-order chi connectivity index (χ1) is 10.3. The van der Waals surface area contributed by atoms with Crippen molar-refractivity contribution >= 4 is 5.78 Å². The smallest absolute Gasteiger partial charge is 0.137 e. The Hall–Kier alpha value is -2.01. The van der Waals surface area contributed by atoms with Gasteiger partial charge in [-0.2, -0.15) is 0 Å². The lowest BCUT2D eigenvalue weighted by atomic mass is 9.64. The van der Waals surface area contributed by atoms with E-state index in [0.29, 0.717) is 11.5 Å². The van der Waals surface area contributed by atoms with E-state index in [1.165, 1.54) is 19.1 Å². The Kier molecular flexibility index (Phi) is 3.40. The molecule has 0 fully saturated rings. The van der Waals surface area contributed by atoms with Gasteiger partial charge in [-0.15, -0.1) is 0 Å². The largest absolute Gasteiger partial charge is 0.389 e. The van der Waals surface area contributed by atoms with Crippen molar-refractivity contribution in [3.63, 3.8) is 0 Å². The molecule has 2 aromatic rings. The van der Waals surface area contributed by atoms with Crippen molar-refractivity contribution < 1.29 is 18.8 Å². The number of aliphatic hydroxyl groups is 1. The number of carbonyl (C=O) groups is 1. The lowest BCUT2D eigenvalue weighted by Gasteiger charge is -2.40. The summed E-state index contributed by atoms with van der Waals surface area (Å²) in [4.78, 5) is 12.2. The SMILES string of the molecule is CC(=O)[C@@H]1[C@H](c2ccc(F)cc2)c2c(noc2C)C[C@@]1(C)O. The van der Waals surface area contributed by atoms with Crippen LogP contribution in [0.25, 0.3) is 0 Å². The number of carbonyl (C=O) groups excluding carboxylic acids is 1. The van der Waals surface area contributed by atoms with E-state index in [0.717, 1.165) is 11.1 Å². The molecule has 0 radical (unpaired) electrons. The van der Waals surface area contributed by atoms with Crippen molar-refractivity contribution in [3.8, 4) is 0 Å². The van der Waals surface area contributed by atoms with Gasteiger partial charge >= 0.3 is 0 Å². The second-order valence-corrected chi connectivity index (χ2v) is 6.25. The van der Waals surface area contributed by atoms with Crippen LogP contribution < -0.4 is 0 Å². The van der Waals surface area contributed by atoms with E-state index in [-0.39, 0.29) is 23.9 Å². The van der Waals surface area contributed by atoms with Crippen LogP contribution >= 0.6 is 0 Å². The highest BCUT2D eigenvalue weighted by atomic mass is 19.1. The van der Waals surface area contributed by atoms with Crippen molar-refractivity contribution in [2.75, 3.05) is 0 Å². The predicted octanol–water partition coefficient (Wildman–Crippen LogP) is 2.77. The van der Waals surface area contributed by atoms with Gasteiger partial charge in [0.25, 0.3) is 0 Å². The molecule has 1 aromatic heterocycles. The van der Waals surface area contributed by atoms with Crippen molar-refractivity contribution in [1.82, 2.24) is 5.16 Å². The molecule has 0 amide bonds. The monoisotopic (exact) mass is 303 g/mol. The summed E-state index contributed by atoms with van der Waals surface area (Å²) in [6.07, 6.45) is 0.265. The molecular formula is C17H18FNO3. The number of rotatable bonds is 2. The van der Waals surface area contributed by atoms with Crippen LogP contribution in [0.1, 0.15) is 42.3 Å². The highest BCUT2D eigenvalue weighted by Gasteiger charge is 2.49. The van der Waals surface area contributed by atoms with E-state index in [9.17, 15) is 14.3 Å². The minimum Gasteiger partial charge on any atom is -0.389 e. The molecule has 116 valence electrons. The fourth-order valence-corrected chi connectivity index (χ4v) is 3.63. The standard InChI is InChI=1S/C17H18FNO3/c1-9(20)16-15(11-4-6-12(18)7-5-11)14-10(2)22-19-13(14)8-17(16,3)21/h4-7,15-16,21H,8H2,1-3H3/t15-,16-,17-/m1/s1. The Morgan fingerprint density at radius 1 is 1.41 bits per heavy atom. The third-order valence-corrected chi connectivity index (χ3v) is 4.49. The topological polar surface area (TPSA) is 63.3 Å². The van der Waals surface area contributed by atoms with Crippen LogP contribution in [0.15, 0.2) is 28.8 Å². The minimum absolute atomic E-state index is 0.106. The van der Waals surface area contributed by atoms with Crippen molar-refractivity contribution in [3.05, 3.63) is 52.7 Å². The molecule has 0 saturated heterocycles. The summed E-state index contributed by atoms with van der Waals surface area (Å²) >= 11 is 0. The molecule has 0 aliphatic heterocycles. The third kappa shape index (κ3) is 2.25. The van der Waals surface area contributed by atoms with Crippen molar-refractivity contribution in [1.29, 1.82) is 0 Å². The molecule has 1 aliphatic rings. The maximum absolute atomic E-state index is 13.2. The Bertz CT molecular complexity index is 718. The normalized spacial score (nSPS) is 27.5. The van der Waals surface area contributed by atoms with Gasteiger partial charge in [0.1, 0.15) is 17.4 Å². The van der Waals surface area contributed by atoms with E-state index < -0.39 is 11.5 Å². The maximum Gasteiger partial charge on any atom is 0.137 e. The van der Waals surface area contributed by atoms with Crippen LogP contribution in [0.2, 0.25) is 0 Å². The molecule has 1 N–H and O–H groups in total. The fraction of sp³-hybridized carbons (Fsp3) is 0.412. The molecule has 1 aromatic carbocycles. The molecular weight excluding hydrogens is 285 g/mol. The summed E-state index contributed by atoms with van der Waals surface area (Å²) in [7, 11) is 0. The number of halogens is 1. The number of benzene rings is 1. The van der Waals surface area contributed by atoms with Crippen LogP contribution in [0, 0.1) is 18.7 Å². The van der Waals surface area contributed by atoms with Crippen LogP contribution in [0.3, 0.4) is 0 Å². The zero-order valence-electron chi connectivity index (χ0n) is 12.8. The molecule has 4 nitrogen and oxygen atoms in total. The van der Waals surface area contributed by atoms with Gasteiger partial charge in [-0.3, -0.25) is 4.79 Å². The minimum atomic E-state index is -1.22. The van der Waals surface area contributed by atoms with Crippen LogP contribution in [-0.4, -0.2) is 21.6 Å².